The molecule has 0 aliphatic carbocycles. The van der Waals surface area contributed by atoms with Crippen LogP contribution in [0.25, 0.3) is 0 Å². The van der Waals surface area contributed by atoms with Crippen molar-refractivity contribution >= 4 is 0 Å². The van der Waals surface area contributed by atoms with Crippen LogP contribution >= 0.6 is 0 Å². The summed E-state index contributed by atoms with van der Waals surface area (Å²) in [7, 11) is 0. The Labute approximate surface area is 124 Å². The highest BCUT2D eigenvalue weighted by atomic mass is 19.1. The molecule has 0 bridgehead atoms. The van der Waals surface area contributed by atoms with Gasteiger partial charge in [0.25, 0.3) is 0 Å². The number of aryl methyl sites for hydroxylation is 2. The van der Waals surface area contributed by atoms with Crippen molar-refractivity contribution in [2.75, 3.05) is 6.54 Å². The zero-order valence-corrected chi connectivity index (χ0v) is 12.4. The van der Waals surface area contributed by atoms with Crippen molar-refractivity contribution in [3.05, 3.63) is 46.8 Å². The van der Waals surface area contributed by atoms with Gasteiger partial charge in [-0.1, -0.05) is 31.8 Å². The van der Waals surface area contributed by atoms with E-state index in [4.69, 9.17) is 5.73 Å². The van der Waals surface area contributed by atoms with Crippen LogP contribution in [0.4, 0.5) is 4.39 Å². The molecule has 0 aliphatic rings. The van der Waals surface area contributed by atoms with E-state index in [0.717, 1.165) is 24.5 Å². The summed E-state index contributed by atoms with van der Waals surface area (Å²) >= 11 is 0. The van der Waals surface area contributed by atoms with Crippen LogP contribution in [0.15, 0.2) is 18.2 Å². The SMILES string of the molecule is CCc1nc(CC)n(Cc2ccc(C#CCN)cc2F)n1. The number of hydrogen-bond donors (Lipinski definition) is 1. The van der Waals surface area contributed by atoms with Crippen LogP contribution in [0.5, 0.6) is 0 Å². The first kappa shape index (κ1) is 15.2. The molecular weight excluding hydrogens is 267 g/mol. The molecule has 2 N–H and O–H groups in total. The fraction of sp³-hybridized carbons (Fsp3) is 0.375. The molecule has 0 amide bonds. The number of benzene rings is 1. The number of aromatic nitrogens is 3. The molecule has 0 saturated carbocycles. The molecule has 0 aliphatic heterocycles. The van der Waals surface area contributed by atoms with Gasteiger partial charge >= 0.3 is 0 Å². The van der Waals surface area contributed by atoms with Crippen molar-refractivity contribution in [3.8, 4) is 11.8 Å². The van der Waals surface area contributed by atoms with Crippen LogP contribution in [0.3, 0.4) is 0 Å². The third-order valence-corrected chi connectivity index (χ3v) is 3.13. The Balaban J connectivity index is 2.25. The van der Waals surface area contributed by atoms with Crippen LogP contribution in [0.2, 0.25) is 0 Å². The second-order valence-corrected chi connectivity index (χ2v) is 4.62. The predicted molar refractivity (Wildman–Crippen MR) is 80.2 cm³/mol. The maximum Gasteiger partial charge on any atom is 0.150 e. The summed E-state index contributed by atoms with van der Waals surface area (Å²) in [6.45, 7) is 4.67. The predicted octanol–water partition coefficient (Wildman–Crippen LogP) is 1.90. The Morgan fingerprint density at radius 1 is 1.29 bits per heavy atom. The molecular formula is C16H19FN4. The Morgan fingerprint density at radius 3 is 2.71 bits per heavy atom. The minimum Gasteiger partial charge on any atom is -0.320 e. The lowest BCUT2D eigenvalue weighted by molar-refractivity contribution is 0.572. The summed E-state index contributed by atoms with van der Waals surface area (Å²) in [6, 6.07) is 4.97. The van der Waals surface area contributed by atoms with E-state index in [-0.39, 0.29) is 12.4 Å². The van der Waals surface area contributed by atoms with Gasteiger partial charge < -0.3 is 5.73 Å². The molecule has 21 heavy (non-hydrogen) atoms. The van der Waals surface area contributed by atoms with Crippen molar-refractivity contribution in [3.63, 3.8) is 0 Å². The van der Waals surface area contributed by atoms with Gasteiger partial charge in [0, 0.05) is 24.0 Å². The van der Waals surface area contributed by atoms with E-state index in [1.165, 1.54) is 6.07 Å². The van der Waals surface area contributed by atoms with E-state index in [1.807, 2.05) is 13.8 Å². The quantitative estimate of drug-likeness (QED) is 0.873. The number of hydrogen-bond acceptors (Lipinski definition) is 3. The van der Waals surface area contributed by atoms with E-state index in [9.17, 15) is 4.39 Å². The lowest BCUT2D eigenvalue weighted by Crippen LogP contribution is -2.08. The summed E-state index contributed by atoms with van der Waals surface area (Å²) in [5, 5.41) is 4.40. The van der Waals surface area contributed by atoms with Crippen molar-refractivity contribution in [1.29, 1.82) is 0 Å². The fourth-order valence-corrected chi connectivity index (χ4v) is 2.03. The Morgan fingerprint density at radius 2 is 2.10 bits per heavy atom. The van der Waals surface area contributed by atoms with Crippen LogP contribution in [0.1, 0.15) is 36.6 Å². The average Bonchev–Trinajstić information content (AvgIpc) is 2.90. The zero-order chi connectivity index (χ0) is 15.2. The van der Waals surface area contributed by atoms with E-state index >= 15 is 0 Å². The molecule has 110 valence electrons. The van der Waals surface area contributed by atoms with Gasteiger partial charge in [0.1, 0.15) is 11.6 Å². The molecule has 2 rings (SSSR count). The Hall–Kier alpha value is -2.19. The van der Waals surface area contributed by atoms with Gasteiger partial charge in [0.2, 0.25) is 0 Å². The van der Waals surface area contributed by atoms with Gasteiger partial charge in [-0.25, -0.2) is 14.1 Å². The molecule has 0 atom stereocenters. The molecule has 0 unspecified atom stereocenters. The topological polar surface area (TPSA) is 56.7 Å². The largest absolute Gasteiger partial charge is 0.320 e. The van der Waals surface area contributed by atoms with E-state index in [2.05, 4.69) is 21.9 Å². The number of nitrogens with zero attached hydrogens (tertiary/aromatic N) is 3. The maximum atomic E-state index is 14.1. The van der Waals surface area contributed by atoms with Crippen LogP contribution in [-0.2, 0) is 19.4 Å². The number of rotatable bonds is 4. The minimum absolute atomic E-state index is 0.266. The molecule has 0 fully saturated rings. The molecule has 1 aromatic carbocycles. The summed E-state index contributed by atoms with van der Waals surface area (Å²) < 4.78 is 15.9. The van der Waals surface area contributed by atoms with Gasteiger partial charge in [0.15, 0.2) is 5.82 Å². The summed E-state index contributed by atoms with van der Waals surface area (Å²) in [6.07, 6.45) is 1.55. The Kier molecular flexibility index (Phi) is 5.07. The zero-order valence-electron chi connectivity index (χ0n) is 12.4. The van der Waals surface area contributed by atoms with Gasteiger partial charge in [-0.05, 0) is 12.1 Å². The normalized spacial score (nSPS) is 10.3. The van der Waals surface area contributed by atoms with E-state index in [1.54, 1.807) is 16.8 Å². The number of halogens is 1. The van der Waals surface area contributed by atoms with Crippen molar-refractivity contribution in [1.82, 2.24) is 14.8 Å². The second kappa shape index (κ2) is 7.00. The lowest BCUT2D eigenvalue weighted by atomic mass is 10.1. The highest BCUT2D eigenvalue weighted by Crippen LogP contribution is 2.13. The molecule has 5 heteroatoms. The van der Waals surface area contributed by atoms with E-state index in [0.29, 0.717) is 17.7 Å². The molecule has 0 radical (unpaired) electrons. The van der Waals surface area contributed by atoms with Gasteiger partial charge in [0.05, 0.1) is 13.1 Å². The Bertz CT molecular complexity index is 679. The van der Waals surface area contributed by atoms with Crippen LogP contribution in [-0.4, -0.2) is 21.3 Å². The average molecular weight is 286 g/mol. The third-order valence-electron chi connectivity index (χ3n) is 3.13. The molecule has 0 spiro atoms. The summed E-state index contributed by atoms with van der Waals surface area (Å²) in [5.74, 6) is 6.92. The highest BCUT2D eigenvalue weighted by Gasteiger charge is 2.10. The molecule has 1 heterocycles. The first-order valence-electron chi connectivity index (χ1n) is 7.07. The van der Waals surface area contributed by atoms with Crippen LogP contribution < -0.4 is 5.73 Å². The lowest BCUT2D eigenvalue weighted by Gasteiger charge is -2.06. The van der Waals surface area contributed by atoms with Crippen LogP contribution in [0, 0.1) is 17.7 Å². The monoisotopic (exact) mass is 286 g/mol. The van der Waals surface area contributed by atoms with Crippen molar-refractivity contribution in [2.24, 2.45) is 5.73 Å². The molecule has 1 aromatic heterocycles. The highest BCUT2D eigenvalue weighted by molar-refractivity contribution is 5.37. The number of nitrogens with two attached hydrogens (primary N) is 1. The second-order valence-electron chi connectivity index (χ2n) is 4.62. The van der Waals surface area contributed by atoms with Crippen molar-refractivity contribution in [2.45, 2.75) is 33.2 Å². The van der Waals surface area contributed by atoms with Gasteiger partial charge in [-0.15, -0.1) is 0 Å². The molecule has 0 saturated heterocycles. The minimum atomic E-state index is -0.283. The van der Waals surface area contributed by atoms with Gasteiger partial charge in [-0.3, -0.25) is 0 Å². The molecule has 4 nitrogen and oxygen atoms in total. The summed E-state index contributed by atoms with van der Waals surface area (Å²) in [4.78, 5) is 4.42. The van der Waals surface area contributed by atoms with E-state index < -0.39 is 0 Å². The first-order valence-corrected chi connectivity index (χ1v) is 7.07. The summed E-state index contributed by atoms with van der Waals surface area (Å²) in [5.41, 5.74) is 6.52. The smallest absolute Gasteiger partial charge is 0.150 e. The fourth-order valence-electron chi connectivity index (χ4n) is 2.03. The molecule has 2 aromatic rings. The van der Waals surface area contributed by atoms with Gasteiger partial charge in [-0.2, -0.15) is 5.10 Å². The standard InChI is InChI=1S/C16H19FN4/c1-3-15-19-16(4-2)21(20-15)11-13-8-7-12(6-5-9-18)10-14(13)17/h7-8,10H,3-4,9,11,18H2,1-2H3. The third kappa shape index (κ3) is 3.67. The maximum absolute atomic E-state index is 14.1. The first-order chi connectivity index (χ1) is 10.2. The van der Waals surface area contributed by atoms with Crippen molar-refractivity contribution < 1.29 is 4.39 Å².